The zero-order valence-corrected chi connectivity index (χ0v) is 17.2. The Hall–Kier alpha value is -3.71. The van der Waals surface area contributed by atoms with Gasteiger partial charge in [-0.05, 0) is 39.9 Å². The van der Waals surface area contributed by atoms with Crippen molar-refractivity contribution in [2.75, 3.05) is 11.9 Å². The molecule has 1 heterocycles. The maximum absolute atomic E-state index is 12.4. The molecule has 1 amide bonds. The predicted molar refractivity (Wildman–Crippen MR) is 120 cm³/mol. The van der Waals surface area contributed by atoms with E-state index in [1.165, 1.54) is 22.5 Å². The quantitative estimate of drug-likeness (QED) is 0.449. The molecule has 1 aliphatic rings. The highest BCUT2D eigenvalue weighted by molar-refractivity contribution is 7.22. The van der Waals surface area contributed by atoms with Gasteiger partial charge in [0.2, 0.25) is 0 Å². The van der Waals surface area contributed by atoms with Crippen LogP contribution in [0, 0.1) is 0 Å². The van der Waals surface area contributed by atoms with Crippen LogP contribution in [0.4, 0.5) is 9.93 Å². The number of carboxylic acids is 1. The molecule has 6 nitrogen and oxygen atoms in total. The number of hydrogen-bond donors (Lipinski definition) is 2. The first-order chi connectivity index (χ1) is 15.1. The number of nitrogens with zero attached hydrogens (tertiary/aromatic N) is 1. The second-order valence-corrected chi connectivity index (χ2v) is 8.37. The van der Waals surface area contributed by atoms with E-state index in [2.05, 4.69) is 34.6 Å². The molecule has 0 fully saturated rings. The monoisotopic (exact) mass is 430 g/mol. The largest absolute Gasteiger partial charge is 0.481 e. The summed E-state index contributed by atoms with van der Waals surface area (Å²) in [6.07, 6.45) is -0.616. The number of thiazole rings is 1. The Labute approximate surface area is 182 Å². The lowest BCUT2D eigenvalue weighted by molar-refractivity contribution is -0.136. The number of anilines is 1. The van der Waals surface area contributed by atoms with E-state index in [0.717, 1.165) is 15.8 Å². The van der Waals surface area contributed by atoms with Gasteiger partial charge in [0, 0.05) is 5.92 Å². The van der Waals surface area contributed by atoms with Gasteiger partial charge in [0.05, 0.1) is 16.6 Å². The Kier molecular flexibility index (Phi) is 4.88. The number of carboxylic acid groups (broad SMARTS) is 1. The average Bonchev–Trinajstić information content (AvgIpc) is 3.30. The van der Waals surface area contributed by atoms with Gasteiger partial charge in [-0.15, -0.1) is 0 Å². The van der Waals surface area contributed by atoms with Crippen LogP contribution in [-0.4, -0.2) is 28.8 Å². The number of amides is 1. The molecule has 154 valence electrons. The highest BCUT2D eigenvalue weighted by Gasteiger charge is 2.29. The molecule has 0 saturated carbocycles. The second kappa shape index (κ2) is 7.85. The second-order valence-electron chi connectivity index (χ2n) is 7.34. The summed E-state index contributed by atoms with van der Waals surface area (Å²) in [6.45, 7) is 0.230. The van der Waals surface area contributed by atoms with Crippen molar-refractivity contribution in [1.82, 2.24) is 4.98 Å². The molecule has 2 N–H and O–H groups in total. The third kappa shape index (κ3) is 3.75. The van der Waals surface area contributed by atoms with E-state index < -0.39 is 12.1 Å². The minimum atomic E-state index is -0.888. The normalized spacial score (nSPS) is 12.4. The molecule has 0 saturated heterocycles. The van der Waals surface area contributed by atoms with E-state index in [1.807, 2.05) is 24.3 Å². The number of hydrogen-bond acceptors (Lipinski definition) is 5. The molecular weight excluding hydrogens is 412 g/mol. The highest BCUT2D eigenvalue weighted by atomic mass is 32.1. The van der Waals surface area contributed by atoms with Gasteiger partial charge in [0.25, 0.3) is 0 Å². The number of benzene rings is 3. The molecule has 3 aromatic carbocycles. The molecule has 7 heteroatoms. The van der Waals surface area contributed by atoms with E-state index in [-0.39, 0.29) is 18.9 Å². The van der Waals surface area contributed by atoms with Gasteiger partial charge in [-0.2, -0.15) is 0 Å². The molecule has 31 heavy (non-hydrogen) atoms. The fourth-order valence-electron chi connectivity index (χ4n) is 4.03. The van der Waals surface area contributed by atoms with Crippen LogP contribution in [0.2, 0.25) is 0 Å². The number of aromatic nitrogens is 1. The number of ether oxygens (including phenoxy) is 1. The molecule has 0 bridgehead atoms. The van der Waals surface area contributed by atoms with Crippen LogP contribution in [0.1, 0.15) is 22.6 Å². The lowest BCUT2D eigenvalue weighted by Gasteiger charge is -2.14. The van der Waals surface area contributed by atoms with Crippen LogP contribution in [0.15, 0.2) is 66.7 Å². The first-order valence-electron chi connectivity index (χ1n) is 9.82. The third-order valence-electron chi connectivity index (χ3n) is 5.36. The maximum Gasteiger partial charge on any atom is 0.413 e. The molecule has 0 atom stereocenters. The van der Waals surface area contributed by atoms with E-state index in [0.29, 0.717) is 16.2 Å². The molecule has 5 rings (SSSR count). The number of nitrogens with one attached hydrogen (secondary N) is 1. The Balaban J connectivity index is 1.29. The number of aliphatic carboxylic acids is 1. The molecular formula is C24H18N2O4S. The van der Waals surface area contributed by atoms with Crippen molar-refractivity contribution in [1.29, 1.82) is 0 Å². The van der Waals surface area contributed by atoms with Gasteiger partial charge < -0.3 is 9.84 Å². The van der Waals surface area contributed by atoms with Crippen LogP contribution in [0.25, 0.3) is 21.3 Å². The Morgan fingerprint density at radius 2 is 1.68 bits per heavy atom. The van der Waals surface area contributed by atoms with Crippen molar-refractivity contribution in [3.05, 3.63) is 83.4 Å². The van der Waals surface area contributed by atoms with E-state index in [4.69, 9.17) is 9.84 Å². The van der Waals surface area contributed by atoms with Gasteiger partial charge in [0.15, 0.2) is 5.13 Å². The van der Waals surface area contributed by atoms with Crippen molar-refractivity contribution in [3.8, 4) is 11.1 Å². The van der Waals surface area contributed by atoms with Crippen molar-refractivity contribution < 1.29 is 19.4 Å². The zero-order chi connectivity index (χ0) is 21.4. The van der Waals surface area contributed by atoms with Crippen molar-refractivity contribution >= 4 is 38.7 Å². The zero-order valence-electron chi connectivity index (χ0n) is 16.4. The smallest absolute Gasteiger partial charge is 0.413 e. The third-order valence-corrected chi connectivity index (χ3v) is 6.29. The highest BCUT2D eigenvalue weighted by Crippen LogP contribution is 2.44. The summed E-state index contributed by atoms with van der Waals surface area (Å²) in [5.41, 5.74) is 6.06. The molecule has 0 unspecified atom stereocenters. The average molecular weight is 430 g/mol. The summed E-state index contributed by atoms with van der Waals surface area (Å²) in [6, 6.07) is 21.6. The fraction of sp³-hybridized carbons (Fsp3) is 0.125. The molecule has 0 aliphatic heterocycles. The minimum Gasteiger partial charge on any atom is -0.481 e. The van der Waals surface area contributed by atoms with Gasteiger partial charge in [0.1, 0.15) is 6.61 Å². The molecule has 4 aromatic rings. The van der Waals surface area contributed by atoms with Crippen LogP contribution in [0.5, 0.6) is 0 Å². The summed E-state index contributed by atoms with van der Waals surface area (Å²) >= 11 is 1.29. The van der Waals surface area contributed by atoms with Crippen molar-refractivity contribution in [2.45, 2.75) is 12.3 Å². The maximum atomic E-state index is 12.4. The number of fused-ring (bicyclic) bond motifs is 4. The molecule has 1 aliphatic carbocycles. The molecule has 1 aromatic heterocycles. The minimum absolute atomic E-state index is 0.00732. The SMILES string of the molecule is O=C(O)Cc1ccc2nc(NC(=O)OCC3c4ccccc4-c4ccccc43)sc2c1. The summed E-state index contributed by atoms with van der Waals surface area (Å²) < 4.78 is 6.37. The summed E-state index contributed by atoms with van der Waals surface area (Å²) in [5.74, 6) is -0.895. The lowest BCUT2D eigenvalue weighted by atomic mass is 9.98. The standard InChI is InChI=1S/C24H18N2O4S/c27-22(28)12-14-9-10-20-21(11-14)31-23(25-20)26-24(29)30-13-19-17-7-3-1-5-15(17)16-6-2-4-8-18(16)19/h1-11,19H,12-13H2,(H,27,28)(H,25,26,29). The first kappa shape index (κ1) is 19.3. The Morgan fingerprint density at radius 1 is 1.00 bits per heavy atom. The van der Waals surface area contributed by atoms with Crippen LogP contribution in [-0.2, 0) is 16.0 Å². The van der Waals surface area contributed by atoms with E-state index in [9.17, 15) is 9.59 Å². The topological polar surface area (TPSA) is 88.5 Å². The molecule has 0 radical (unpaired) electrons. The van der Waals surface area contributed by atoms with Gasteiger partial charge in [-0.3, -0.25) is 10.1 Å². The number of rotatable bonds is 5. The molecule has 0 spiro atoms. The van der Waals surface area contributed by atoms with Crippen LogP contribution >= 0.6 is 11.3 Å². The Morgan fingerprint density at radius 3 is 2.35 bits per heavy atom. The van der Waals surface area contributed by atoms with Crippen LogP contribution in [0.3, 0.4) is 0 Å². The fourth-order valence-corrected chi connectivity index (χ4v) is 4.94. The van der Waals surface area contributed by atoms with Gasteiger partial charge in [-0.25, -0.2) is 9.78 Å². The van der Waals surface area contributed by atoms with Crippen molar-refractivity contribution in [2.24, 2.45) is 0 Å². The first-order valence-corrected chi connectivity index (χ1v) is 10.6. The van der Waals surface area contributed by atoms with E-state index in [1.54, 1.807) is 18.2 Å². The van der Waals surface area contributed by atoms with Gasteiger partial charge >= 0.3 is 12.1 Å². The predicted octanol–water partition coefficient (Wildman–Crippen LogP) is 5.28. The number of carbonyl (C=O) groups excluding carboxylic acids is 1. The summed E-state index contributed by atoms with van der Waals surface area (Å²) in [4.78, 5) is 27.7. The Bertz CT molecular complexity index is 1270. The van der Waals surface area contributed by atoms with Gasteiger partial charge in [-0.1, -0.05) is 65.9 Å². The van der Waals surface area contributed by atoms with Crippen molar-refractivity contribution in [3.63, 3.8) is 0 Å². The van der Waals surface area contributed by atoms with E-state index >= 15 is 0 Å². The summed E-state index contributed by atoms with van der Waals surface area (Å²) in [5, 5.41) is 12.1. The van der Waals surface area contributed by atoms with Crippen LogP contribution < -0.4 is 5.32 Å². The summed E-state index contributed by atoms with van der Waals surface area (Å²) in [7, 11) is 0. The lowest BCUT2D eigenvalue weighted by Crippen LogP contribution is -2.17. The number of carbonyl (C=O) groups is 2.